The van der Waals surface area contributed by atoms with E-state index in [2.05, 4.69) is 9.97 Å². The molecular formula is C19H18N2O4. The number of carbonyl (C=O) groups excluding carboxylic acids is 2. The third-order valence-electron chi connectivity index (χ3n) is 3.84. The summed E-state index contributed by atoms with van der Waals surface area (Å²) < 4.78 is 10.6. The van der Waals surface area contributed by atoms with Crippen LogP contribution in [0.3, 0.4) is 0 Å². The molecule has 0 atom stereocenters. The Labute approximate surface area is 144 Å². The molecule has 1 N–H and O–H groups in total. The predicted octanol–water partition coefficient (Wildman–Crippen LogP) is 3.43. The van der Waals surface area contributed by atoms with Crippen LogP contribution in [0.2, 0.25) is 0 Å². The quantitative estimate of drug-likeness (QED) is 0.569. The maximum Gasteiger partial charge on any atom is 0.310 e. The average Bonchev–Trinajstić information content (AvgIpc) is 2.98. The summed E-state index contributed by atoms with van der Waals surface area (Å²) in [6.45, 7) is 3.58. The number of esters is 1. The zero-order chi connectivity index (χ0) is 18.0. The lowest BCUT2D eigenvalue weighted by Gasteiger charge is -2.05. The standard InChI is InChI=1S/C19H18N2O4/c1-4-16(22)25-19-13-6-5-12(24-3)10-14(13)21-17(19)18(23)15-9-11(2)7-8-20-15/h5-10,21H,4H2,1-3H3. The van der Waals surface area contributed by atoms with Crippen LogP contribution in [0.1, 0.15) is 35.1 Å². The van der Waals surface area contributed by atoms with Crippen molar-refractivity contribution in [3.8, 4) is 11.5 Å². The summed E-state index contributed by atoms with van der Waals surface area (Å²) in [4.78, 5) is 31.9. The van der Waals surface area contributed by atoms with E-state index < -0.39 is 5.97 Å². The van der Waals surface area contributed by atoms with Gasteiger partial charge in [0.2, 0.25) is 5.78 Å². The van der Waals surface area contributed by atoms with Gasteiger partial charge in [0.15, 0.2) is 5.75 Å². The SMILES string of the molecule is CCC(=O)Oc1c(C(=O)c2cc(C)ccn2)[nH]c2cc(OC)ccc12. The van der Waals surface area contributed by atoms with Gasteiger partial charge in [0.1, 0.15) is 17.1 Å². The van der Waals surface area contributed by atoms with E-state index in [1.165, 1.54) is 0 Å². The molecule has 0 amide bonds. The second kappa shape index (κ2) is 6.76. The Morgan fingerprint density at radius 2 is 2.00 bits per heavy atom. The molecule has 0 spiro atoms. The number of pyridine rings is 1. The first-order valence-electron chi connectivity index (χ1n) is 7.91. The topological polar surface area (TPSA) is 81.3 Å². The fourth-order valence-electron chi connectivity index (χ4n) is 2.52. The third kappa shape index (κ3) is 3.24. The van der Waals surface area contributed by atoms with Gasteiger partial charge in [-0.1, -0.05) is 6.92 Å². The maximum absolute atomic E-state index is 12.9. The van der Waals surface area contributed by atoms with Gasteiger partial charge in [0.25, 0.3) is 0 Å². The molecule has 128 valence electrons. The number of carbonyl (C=O) groups is 2. The Balaban J connectivity index is 2.16. The molecule has 6 nitrogen and oxygen atoms in total. The number of aromatic amines is 1. The second-order valence-corrected chi connectivity index (χ2v) is 5.62. The van der Waals surface area contributed by atoms with Crippen molar-refractivity contribution in [2.24, 2.45) is 0 Å². The minimum atomic E-state index is -0.414. The largest absolute Gasteiger partial charge is 0.497 e. The van der Waals surface area contributed by atoms with Gasteiger partial charge in [-0.05, 0) is 36.8 Å². The molecule has 0 fully saturated rings. The monoisotopic (exact) mass is 338 g/mol. The first-order valence-corrected chi connectivity index (χ1v) is 7.91. The van der Waals surface area contributed by atoms with Gasteiger partial charge in [0.05, 0.1) is 12.6 Å². The lowest BCUT2D eigenvalue weighted by Crippen LogP contribution is -2.11. The van der Waals surface area contributed by atoms with E-state index in [1.807, 2.05) is 13.0 Å². The van der Waals surface area contributed by atoms with E-state index in [1.54, 1.807) is 44.5 Å². The number of hydrogen-bond donors (Lipinski definition) is 1. The number of rotatable bonds is 5. The van der Waals surface area contributed by atoms with E-state index in [9.17, 15) is 9.59 Å². The normalized spacial score (nSPS) is 10.7. The van der Waals surface area contributed by atoms with Gasteiger partial charge < -0.3 is 14.5 Å². The molecule has 0 bridgehead atoms. The first-order chi connectivity index (χ1) is 12.0. The Hall–Kier alpha value is -3.15. The van der Waals surface area contributed by atoms with Crippen molar-refractivity contribution >= 4 is 22.7 Å². The van der Waals surface area contributed by atoms with Crippen LogP contribution in [0.4, 0.5) is 0 Å². The highest BCUT2D eigenvalue weighted by molar-refractivity contribution is 6.13. The molecule has 0 aliphatic heterocycles. The summed E-state index contributed by atoms with van der Waals surface area (Å²) in [5, 5.41) is 0.638. The molecule has 0 saturated carbocycles. The Morgan fingerprint density at radius 1 is 1.20 bits per heavy atom. The number of aryl methyl sites for hydroxylation is 1. The molecule has 2 aromatic heterocycles. The van der Waals surface area contributed by atoms with Crippen molar-refractivity contribution in [2.75, 3.05) is 7.11 Å². The zero-order valence-corrected chi connectivity index (χ0v) is 14.3. The fourth-order valence-corrected chi connectivity index (χ4v) is 2.52. The fraction of sp³-hybridized carbons (Fsp3) is 0.211. The van der Waals surface area contributed by atoms with Crippen molar-refractivity contribution in [1.29, 1.82) is 0 Å². The summed E-state index contributed by atoms with van der Waals surface area (Å²) in [6.07, 6.45) is 1.78. The highest BCUT2D eigenvalue weighted by Gasteiger charge is 2.23. The van der Waals surface area contributed by atoms with Crippen LogP contribution in [0, 0.1) is 6.92 Å². The summed E-state index contributed by atoms with van der Waals surface area (Å²) in [6, 6.07) is 8.76. The van der Waals surface area contributed by atoms with E-state index in [0.717, 1.165) is 5.56 Å². The molecule has 0 saturated heterocycles. The summed E-state index contributed by atoms with van der Waals surface area (Å²) >= 11 is 0. The van der Waals surface area contributed by atoms with Gasteiger partial charge in [0, 0.05) is 24.1 Å². The van der Waals surface area contributed by atoms with Crippen LogP contribution in [0.15, 0.2) is 36.5 Å². The average molecular weight is 338 g/mol. The highest BCUT2D eigenvalue weighted by Crippen LogP contribution is 2.34. The number of methoxy groups -OCH3 is 1. The van der Waals surface area contributed by atoms with E-state index in [-0.39, 0.29) is 29.3 Å². The maximum atomic E-state index is 12.9. The number of benzene rings is 1. The number of nitrogens with zero attached hydrogens (tertiary/aromatic N) is 1. The highest BCUT2D eigenvalue weighted by atomic mass is 16.5. The van der Waals surface area contributed by atoms with Crippen molar-refractivity contribution in [3.63, 3.8) is 0 Å². The van der Waals surface area contributed by atoms with Crippen LogP contribution < -0.4 is 9.47 Å². The van der Waals surface area contributed by atoms with E-state index >= 15 is 0 Å². The Morgan fingerprint density at radius 3 is 2.68 bits per heavy atom. The second-order valence-electron chi connectivity index (χ2n) is 5.62. The number of nitrogens with one attached hydrogen (secondary N) is 1. The van der Waals surface area contributed by atoms with Crippen LogP contribution >= 0.6 is 0 Å². The van der Waals surface area contributed by atoms with E-state index in [0.29, 0.717) is 16.7 Å². The molecule has 0 aliphatic carbocycles. The van der Waals surface area contributed by atoms with Crippen molar-refractivity contribution < 1.29 is 19.1 Å². The van der Waals surface area contributed by atoms with Crippen molar-refractivity contribution in [1.82, 2.24) is 9.97 Å². The lowest BCUT2D eigenvalue weighted by molar-refractivity contribution is -0.133. The number of hydrogen-bond acceptors (Lipinski definition) is 5. The lowest BCUT2D eigenvalue weighted by atomic mass is 10.1. The minimum absolute atomic E-state index is 0.197. The molecule has 3 aromatic rings. The molecular weight excluding hydrogens is 320 g/mol. The van der Waals surface area contributed by atoms with E-state index in [4.69, 9.17) is 9.47 Å². The number of fused-ring (bicyclic) bond motifs is 1. The van der Waals surface area contributed by atoms with Crippen LogP contribution in [0.5, 0.6) is 11.5 Å². The summed E-state index contributed by atoms with van der Waals surface area (Å²) in [5.41, 5.74) is 2.05. The Kier molecular flexibility index (Phi) is 4.52. The van der Waals surface area contributed by atoms with Gasteiger partial charge in [-0.3, -0.25) is 14.6 Å². The van der Waals surface area contributed by atoms with Crippen molar-refractivity contribution in [2.45, 2.75) is 20.3 Å². The van der Waals surface area contributed by atoms with Crippen LogP contribution in [-0.2, 0) is 4.79 Å². The number of ketones is 1. The van der Waals surface area contributed by atoms with Crippen molar-refractivity contribution in [3.05, 3.63) is 53.5 Å². The zero-order valence-electron chi connectivity index (χ0n) is 14.3. The molecule has 6 heteroatoms. The minimum Gasteiger partial charge on any atom is -0.497 e. The van der Waals surface area contributed by atoms with Gasteiger partial charge in [-0.25, -0.2) is 0 Å². The predicted molar refractivity (Wildman–Crippen MR) is 93.2 cm³/mol. The van der Waals surface area contributed by atoms with Gasteiger partial charge >= 0.3 is 5.97 Å². The number of aromatic nitrogens is 2. The Bertz CT molecular complexity index is 959. The molecule has 0 radical (unpaired) electrons. The van der Waals surface area contributed by atoms with Gasteiger partial charge in [-0.15, -0.1) is 0 Å². The number of ether oxygens (including phenoxy) is 2. The summed E-state index contributed by atoms with van der Waals surface area (Å²) in [5.74, 6) is 0.105. The molecule has 0 unspecified atom stereocenters. The smallest absolute Gasteiger partial charge is 0.310 e. The van der Waals surface area contributed by atoms with Crippen LogP contribution in [-0.4, -0.2) is 28.8 Å². The third-order valence-corrected chi connectivity index (χ3v) is 3.84. The van der Waals surface area contributed by atoms with Crippen LogP contribution in [0.25, 0.3) is 10.9 Å². The molecule has 2 heterocycles. The molecule has 0 aliphatic rings. The first kappa shape index (κ1) is 16.7. The molecule has 1 aromatic carbocycles. The molecule has 3 rings (SSSR count). The molecule has 25 heavy (non-hydrogen) atoms. The summed E-state index contributed by atoms with van der Waals surface area (Å²) in [7, 11) is 1.56. The number of H-pyrrole nitrogens is 1. The van der Waals surface area contributed by atoms with Gasteiger partial charge in [-0.2, -0.15) is 0 Å².